The van der Waals surface area contributed by atoms with Crippen LogP contribution in [0.4, 0.5) is 0 Å². The number of phenols is 1. The smallest absolute Gasteiger partial charge is 0.123 e. The fourth-order valence-electron chi connectivity index (χ4n) is 1.71. The van der Waals surface area contributed by atoms with Crippen LogP contribution in [0.25, 0.3) is 0 Å². The molecule has 0 fully saturated rings. The van der Waals surface area contributed by atoms with Crippen molar-refractivity contribution in [3.05, 3.63) is 28.3 Å². The Morgan fingerprint density at radius 1 is 1.31 bits per heavy atom. The third-order valence-corrected chi connectivity index (χ3v) is 2.97. The van der Waals surface area contributed by atoms with Crippen molar-refractivity contribution in [2.45, 2.75) is 39.7 Å². The van der Waals surface area contributed by atoms with Crippen molar-refractivity contribution >= 4 is 11.6 Å². The van der Waals surface area contributed by atoms with E-state index in [0.29, 0.717) is 10.9 Å². The zero-order valence-corrected chi connectivity index (χ0v) is 10.9. The number of phenolic OH excluding ortho intramolecular Hbond substituents is 1. The largest absolute Gasteiger partial charge is 0.507 e. The lowest BCUT2D eigenvalue weighted by molar-refractivity contribution is 0.445. The molecule has 0 aliphatic carbocycles. The van der Waals surface area contributed by atoms with Crippen molar-refractivity contribution < 1.29 is 5.11 Å². The Morgan fingerprint density at radius 2 is 1.94 bits per heavy atom. The number of aryl methyl sites for hydroxylation is 1. The highest BCUT2D eigenvalue weighted by atomic mass is 35.5. The highest BCUT2D eigenvalue weighted by Crippen LogP contribution is 2.32. The van der Waals surface area contributed by atoms with Crippen LogP contribution in [0, 0.1) is 12.8 Å². The molecule has 2 nitrogen and oxygen atoms in total. The van der Waals surface area contributed by atoms with Crippen molar-refractivity contribution in [2.75, 3.05) is 0 Å². The van der Waals surface area contributed by atoms with E-state index in [1.165, 1.54) is 0 Å². The Hall–Kier alpha value is -0.730. The first-order valence-electron chi connectivity index (χ1n) is 5.66. The molecule has 1 atom stereocenters. The van der Waals surface area contributed by atoms with Gasteiger partial charge in [-0.05, 0) is 43.4 Å². The van der Waals surface area contributed by atoms with Crippen LogP contribution in [0.1, 0.15) is 43.9 Å². The number of benzene rings is 1. The Balaban J connectivity index is 2.86. The van der Waals surface area contributed by atoms with Crippen molar-refractivity contribution in [1.82, 2.24) is 0 Å². The second-order valence-electron chi connectivity index (χ2n) is 4.74. The molecular weight excluding hydrogens is 222 g/mol. The second kappa shape index (κ2) is 5.55. The Bertz CT molecular complexity index is 363. The second-order valence-corrected chi connectivity index (χ2v) is 5.17. The molecule has 0 bridgehead atoms. The fraction of sp³-hybridized carbons (Fsp3) is 0.538. The van der Waals surface area contributed by atoms with Crippen LogP contribution < -0.4 is 5.73 Å². The van der Waals surface area contributed by atoms with Gasteiger partial charge in [0.1, 0.15) is 5.75 Å². The van der Waals surface area contributed by atoms with Gasteiger partial charge in [-0.3, -0.25) is 0 Å². The standard InChI is InChI=1S/C13H20ClNO/c1-8(2)4-5-12(15)11-7-10(14)6-9(3)13(11)16/h6-8,12,16H,4-5,15H2,1-3H3/t12-/m0/s1. The SMILES string of the molecule is Cc1cc(Cl)cc([C@@H](N)CCC(C)C)c1O. The molecule has 0 heterocycles. The van der Waals surface area contributed by atoms with Gasteiger partial charge in [-0.1, -0.05) is 25.4 Å². The van der Waals surface area contributed by atoms with Gasteiger partial charge in [0.2, 0.25) is 0 Å². The monoisotopic (exact) mass is 241 g/mol. The summed E-state index contributed by atoms with van der Waals surface area (Å²) in [5.74, 6) is 0.897. The number of halogens is 1. The van der Waals surface area contributed by atoms with Gasteiger partial charge < -0.3 is 10.8 Å². The Morgan fingerprint density at radius 3 is 2.50 bits per heavy atom. The normalized spacial score (nSPS) is 13.1. The zero-order chi connectivity index (χ0) is 12.3. The molecule has 0 aromatic heterocycles. The molecule has 1 aromatic carbocycles. The van der Waals surface area contributed by atoms with Crippen LogP contribution in [-0.4, -0.2) is 5.11 Å². The van der Waals surface area contributed by atoms with E-state index in [2.05, 4.69) is 13.8 Å². The molecule has 0 amide bonds. The van der Waals surface area contributed by atoms with Gasteiger partial charge in [0, 0.05) is 16.6 Å². The van der Waals surface area contributed by atoms with Crippen LogP contribution >= 0.6 is 11.6 Å². The minimum atomic E-state index is -0.139. The molecule has 90 valence electrons. The third kappa shape index (κ3) is 3.39. The van der Waals surface area contributed by atoms with Crippen LogP contribution in [0.5, 0.6) is 5.75 Å². The molecule has 3 N–H and O–H groups in total. The van der Waals surface area contributed by atoms with Gasteiger partial charge in [0.15, 0.2) is 0 Å². The topological polar surface area (TPSA) is 46.2 Å². The van der Waals surface area contributed by atoms with Crippen molar-refractivity contribution in [2.24, 2.45) is 11.7 Å². The van der Waals surface area contributed by atoms with Gasteiger partial charge in [-0.25, -0.2) is 0 Å². The van der Waals surface area contributed by atoms with E-state index in [0.717, 1.165) is 24.0 Å². The first kappa shape index (κ1) is 13.3. The minimum absolute atomic E-state index is 0.139. The van der Waals surface area contributed by atoms with Gasteiger partial charge in [0.05, 0.1) is 0 Å². The summed E-state index contributed by atoms with van der Waals surface area (Å²) in [5, 5.41) is 10.5. The van der Waals surface area contributed by atoms with Crippen LogP contribution in [0.2, 0.25) is 5.02 Å². The van der Waals surface area contributed by atoms with Crippen LogP contribution in [0.15, 0.2) is 12.1 Å². The molecule has 3 heteroatoms. The number of hydrogen-bond donors (Lipinski definition) is 2. The minimum Gasteiger partial charge on any atom is -0.507 e. The summed E-state index contributed by atoms with van der Waals surface area (Å²) in [7, 11) is 0. The van der Waals surface area contributed by atoms with E-state index in [4.69, 9.17) is 17.3 Å². The molecule has 0 aliphatic rings. The predicted molar refractivity (Wildman–Crippen MR) is 68.9 cm³/mol. The number of aromatic hydroxyl groups is 1. The van der Waals surface area contributed by atoms with Gasteiger partial charge in [0.25, 0.3) is 0 Å². The molecule has 0 spiro atoms. The average Bonchev–Trinajstić information content (AvgIpc) is 2.19. The highest BCUT2D eigenvalue weighted by molar-refractivity contribution is 6.30. The fourth-order valence-corrected chi connectivity index (χ4v) is 1.99. The van der Waals surface area contributed by atoms with Gasteiger partial charge >= 0.3 is 0 Å². The third-order valence-electron chi connectivity index (χ3n) is 2.75. The van der Waals surface area contributed by atoms with E-state index >= 15 is 0 Å². The summed E-state index contributed by atoms with van der Waals surface area (Å²) in [6.45, 7) is 6.16. The average molecular weight is 242 g/mol. The highest BCUT2D eigenvalue weighted by Gasteiger charge is 2.14. The lowest BCUT2D eigenvalue weighted by Gasteiger charge is -2.16. The first-order valence-corrected chi connectivity index (χ1v) is 6.04. The number of nitrogens with two attached hydrogens (primary N) is 1. The molecule has 0 unspecified atom stereocenters. The van der Waals surface area contributed by atoms with E-state index < -0.39 is 0 Å². The maximum Gasteiger partial charge on any atom is 0.123 e. The molecule has 16 heavy (non-hydrogen) atoms. The maximum absolute atomic E-state index is 9.92. The lowest BCUT2D eigenvalue weighted by Crippen LogP contribution is -2.11. The first-order chi connectivity index (χ1) is 7.41. The number of rotatable bonds is 4. The predicted octanol–water partition coefficient (Wildman–Crippen LogP) is 3.79. The molecule has 0 saturated carbocycles. The molecular formula is C13H20ClNO. The summed E-state index contributed by atoms with van der Waals surface area (Å²) in [6.07, 6.45) is 1.91. The van der Waals surface area contributed by atoms with E-state index in [1.54, 1.807) is 12.1 Å². The van der Waals surface area contributed by atoms with E-state index in [9.17, 15) is 5.11 Å². The summed E-state index contributed by atoms with van der Waals surface area (Å²) in [6, 6.07) is 3.37. The molecule has 1 aromatic rings. The van der Waals surface area contributed by atoms with E-state index in [-0.39, 0.29) is 11.8 Å². The molecule has 0 aliphatic heterocycles. The number of hydrogen-bond acceptors (Lipinski definition) is 2. The molecule has 1 rings (SSSR count). The lowest BCUT2D eigenvalue weighted by atomic mass is 9.96. The molecule has 0 saturated heterocycles. The summed E-state index contributed by atoms with van der Waals surface area (Å²) < 4.78 is 0. The van der Waals surface area contributed by atoms with Gasteiger partial charge in [-0.2, -0.15) is 0 Å². The van der Waals surface area contributed by atoms with Crippen molar-refractivity contribution in [1.29, 1.82) is 0 Å². The Labute approximate surface area is 102 Å². The summed E-state index contributed by atoms with van der Waals surface area (Å²) >= 11 is 5.96. The summed E-state index contributed by atoms with van der Waals surface area (Å²) in [4.78, 5) is 0. The quantitative estimate of drug-likeness (QED) is 0.843. The Kier molecular flexibility index (Phi) is 4.63. The van der Waals surface area contributed by atoms with Crippen LogP contribution in [0.3, 0.4) is 0 Å². The van der Waals surface area contributed by atoms with Crippen LogP contribution in [-0.2, 0) is 0 Å². The van der Waals surface area contributed by atoms with Gasteiger partial charge in [-0.15, -0.1) is 0 Å². The van der Waals surface area contributed by atoms with Crippen molar-refractivity contribution in [3.8, 4) is 5.75 Å². The zero-order valence-electron chi connectivity index (χ0n) is 10.1. The van der Waals surface area contributed by atoms with E-state index in [1.807, 2.05) is 6.92 Å². The van der Waals surface area contributed by atoms with Crippen molar-refractivity contribution in [3.63, 3.8) is 0 Å². The maximum atomic E-state index is 9.92. The molecule has 0 radical (unpaired) electrons. The summed E-state index contributed by atoms with van der Waals surface area (Å²) in [5.41, 5.74) is 7.60.